The summed E-state index contributed by atoms with van der Waals surface area (Å²) in [6, 6.07) is 13.0. The SMILES string of the molecule is CN(C)c1ccc(C(CNS(=O)(=O)c2ccc(N3C(=O)CCS3(=O)=O)cc2)N(C)C)cc1. The molecule has 0 aromatic heterocycles. The summed E-state index contributed by atoms with van der Waals surface area (Å²) in [5.74, 6) is -0.762. The Morgan fingerprint density at radius 2 is 1.59 bits per heavy atom. The third-order valence-electron chi connectivity index (χ3n) is 5.34. The lowest BCUT2D eigenvalue weighted by molar-refractivity contribution is -0.116. The molecule has 1 saturated heterocycles. The molecule has 0 radical (unpaired) electrons. The molecule has 0 aliphatic carbocycles. The number of nitrogens with one attached hydrogen (secondary N) is 1. The average Bonchev–Trinajstić information content (AvgIpc) is 3.00. The highest BCUT2D eigenvalue weighted by molar-refractivity contribution is 7.94. The molecule has 1 amide bonds. The van der Waals surface area contributed by atoms with Crippen molar-refractivity contribution in [2.24, 2.45) is 0 Å². The Kier molecular flexibility index (Phi) is 6.94. The molecule has 1 N–H and O–H groups in total. The van der Waals surface area contributed by atoms with Gasteiger partial charge in [-0.2, -0.15) is 0 Å². The molecule has 1 unspecified atom stereocenters. The highest BCUT2D eigenvalue weighted by atomic mass is 32.2. The van der Waals surface area contributed by atoms with E-state index < -0.39 is 26.0 Å². The topological polar surface area (TPSA) is 107 Å². The molecule has 1 aliphatic heterocycles. The van der Waals surface area contributed by atoms with Gasteiger partial charge in [0.25, 0.3) is 0 Å². The van der Waals surface area contributed by atoms with Crippen molar-refractivity contribution in [2.45, 2.75) is 17.4 Å². The van der Waals surface area contributed by atoms with Gasteiger partial charge in [-0.05, 0) is 56.1 Å². The van der Waals surface area contributed by atoms with E-state index in [1.165, 1.54) is 24.3 Å². The van der Waals surface area contributed by atoms with Crippen LogP contribution in [0.4, 0.5) is 11.4 Å². The highest BCUT2D eigenvalue weighted by Crippen LogP contribution is 2.27. The van der Waals surface area contributed by atoms with Crippen molar-refractivity contribution in [1.29, 1.82) is 0 Å². The number of benzene rings is 2. The number of rotatable bonds is 8. The van der Waals surface area contributed by atoms with Gasteiger partial charge in [0, 0.05) is 38.8 Å². The van der Waals surface area contributed by atoms with Crippen LogP contribution in [0.25, 0.3) is 0 Å². The van der Waals surface area contributed by atoms with Gasteiger partial charge in [-0.3, -0.25) is 4.79 Å². The number of nitrogens with zero attached hydrogens (tertiary/aromatic N) is 3. The lowest BCUT2D eigenvalue weighted by atomic mass is 10.1. The molecular formula is C21H28N4O5S2. The molecule has 0 saturated carbocycles. The van der Waals surface area contributed by atoms with Crippen LogP contribution in [0.2, 0.25) is 0 Å². The maximum absolute atomic E-state index is 12.8. The van der Waals surface area contributed by atoms with Gasteiger partial charge < -0.3 is 9.80 Å². The molecule has 1 atom stereocenters. The molecule has 0 spiro atoms. The second kappa shape index (κ2) is 9.18. The lowest BCUT2D eigenvalue weighted by Gasteiger charge is -2.26. The van der Waals surface area contributed by atoms with Crippen LogP contribution in [0.15, 0.2) is 53.4 Å². The van der Waals surface area contributed by atoms with E-state index in [-0.39, 0.29) is 35.3 Å². The first-order valence-corrected chi connectivity index (χ1v) is 13.1. The van der Waals surface area contributed by atoms with Crippen molar-refractivity contribution in [2.75, 3.05) is 49.7 Å². The van der Waals surface area contributed by atoms with Crippen LogP contribution in [0.3, 0.4) is 0 Å². The number of hydrogen-bond donors (Lipinski definition) is 1. The molecule has 3 rings (SSSR count). The first kappa shape index (κ1) is 24.2. The Morgan fingerprint density at radius 3 is 2.06 bits per heavy atom. The van der Waals surface area contributed by atoms with Crippen molar-refractivity contribution in [3.8, 4) is 0 Å². The predicted octanol–water partition coefficient (Wildman–Crippen LogP) is 1.40. The Bertz CT molecular complexity index is 1180. The van der Waals surface area contributed by atoms with Crippen LogP contribution in [0.5, 0.6) is 0 Å². The fourth-order valence-electron chi connectivity index (χ4n) is 3.49. The molecule has 11 heteroatoms. The Labute approximate surface area is 189 Å². The van der Waals surface area contributed by atoms with Gasteiger partial charge in [-0.15, -0.1) is 0 Å². The van der Waals surface area contributed by atoms with Gasteiger partial charge in [0.1, 0.15) is 0 Å². The van der Waals surface area contributed by atoms with Crippen molar-refractivity contribution in [1.82, 2.24) is 9.62 Å². The third-order valence-corrected chi connectivity index (χ3v) is 8.47. The minimum Gasteiger partial charge on any atom is -0.378 e. The Morgan fingerprint density at radius 1 is 1.00 bits per heavy atom. The summed E-state index contributed by atoms with van der Waals surface area (Å²) in [5, 5.41) is 0. The number of carbonyl (C=O) groups is 1. The number of sulfonamides is 2. The van der Waals surface area contributed by atoms with Gasteiger partial charge in [-0.25, -0.2) is 25.9 Å². The summed E-state index contributed by atoms with van der Waals surface area (Å²) in [7, 11) is 0.118. The quantitative estimate of drug-likeness (QED) is 0.609. The van der Waals surface area contributed by atoms with E-state index in [2.05, 4.69) is 4.72 Å². The molecule has 1 aliphatic rings. The molecular weight excluding hydrogens is 452 g/mol. The first-order chi connectivity index (χ1) is 14.9. The number of carbonyl (C=O) groups excluding carboxylic acids is 1. The van der Waals surface area contributed by atoms with Crippen LogP contribution in [-0.4, -0.2) is 68.1 Å². The van der Waals surface area contributed by atoms with E-state index in [1.54, 1.807) is 0 Å². The van der Waals surface area contributed by atoms with Gasteiger partial charge >= 0.3 is 0 Å². The average molecular weight is 481 g/mol. The van der Waals surface area contributed by atoms with Crippen LogP contribution in [-0.2, 0) is 24.8 Å². The maximum atomic E-state index is 12.8. The molecule has 1 fully saturated rings. The minimum absolute atomic E-state index is 0.00856. The molecule has 9 nitrogen and oxygen atoms in total. The summed E-state index contributed by atoms with van der Waals surface area (Å²) in [5.41, 5.74) is 2.15. The molecule has 1 heterocycles. The van der Waals surface area contributed by atoms with Crippen molar-refractivity contribution in [3.63, 3.8) is 0 Å². The van der Waals surface area contributed by atoms with E-state index in [4.69, 9.17) is 0 Å². The van der Waals surface area contributed by atoms with Gasteiger partial charge in [0.05, 0.1) is 16.3 Å². The van der Waals surface area contributed by atoms with Gasteiger partial charge in [0.2, 0.25) is 26.0 Å². The smallest absolute Gasteiger partial charge is 0.242 e. The van der Waals surface area contributed by atoms with E-state index in [1.807, 2.05) is 62.3 Å². The van der Waals surface area contributed by atoms with E-state index in [0.717, 1.165) is 15.6 Å². The fraction of sp³-hybridized carbons (Fsp3) is 0.381. The molecule has 174 valence electrons. The number of anilines is 2. The second-order valence-electron chi connectivity index (χ2n) is 8.04. The summed E-state index contributed by atoms with van der Waals surface area (Å²) in [6.45, 7) is 0.150. The van der Waals surface area contributed by atoms with Crippen molar-refractivity contribution < 1.29 is 21.6 Å². The normalized spacial score (nSPS) is 17.0. The van der Waals surface area contributed by atoms with E-state index in [9.17, 15) is 21.6 Å². The molecule has 0 bridgehead atoms. The summed E-state index contributed by atoms with van der Waals surface area (Å²) in [6.07, 6.45) is -0.0780. The zero-order chi connectivity index (χ0) is 23.7. The van der Waals surface area contributed by atoms with Crippen molar-refractivity contribution in [3.05, 3.63) is 54.1 Å². The Balaban J connectivity index is 1.75. The molecule has 2 aromatic rings. The van der Waals surface area contributed by atoms with Crippen LogP contribution >= 0.6 is 0 Å². The van der Waals surface area contributed by atoms with Gasteiger partial charge in [-0.1, -0.05) is 12.1 Å². The third kappa shape index (κ3) is 5.12. The number of amides is 1. The minimum atomic E-state index is -3.84. The summed E-state index contributed by atoms with van der Waals surface area (Å²) < 4.78 is 53.1. The fourth-order valence-corrected chi connectivity index (χ4v) is 5.99. The maximum Gasteiger partial charge on any atom is 0.242 e. The molecule has 2 aromatic carbocycles. The lowest BCUT2D eigenvalue weighted by Crippen LogP contribution is -2.34. The van der Waals surface area contributed by atoms with Crippen LogP contribution in [0, 0.1) is 0 Å². The second-order valence-corrected chi connectivity index (χ2v) is 11.7. The summed E-state index contributed by atoms with van der Waals surface area (Å²) >= 11 is 0. The monoisotopic (exact) mass is 480 g/mol. The summed E-state index contributed by atoms with van der Waals surface area (Å²) in [4.78, 5) is 15.8. The largest absolute Gasteiger partial charge is 0.378 e. The zero-order valence-corrected chi connectivity index (χ0v) is 20.1. The van der Waals surface area contributed by atoms with Crippen LogP contribution < -0.4 is 13.9 Å². The zero-order valence-electron chi connectivity index (χ0n) is 18.5. The highest BCUT2D eigenvalue weighted by Gasteiger charge is 2.36. The van der Waals surface area contributed by atoms with E-state index in [0.29, 0.717) is 0 Å². The van der Waals surface area contributed by atoms with Gasteiger partial charge in [0.15, 0.2) is 0 Å². The van der Waals surface area contributed by atoms with E-state index >= 15 is 0 Å². The van der Waals surface area contributed by atoms with Crippen LogP contribution in [0.1, 0.15) is 18.0 Å². The number of likely N-dealkylation sites (N-methyl/N-ethyl adjacent to an activating group) is 1. The first-order valence-electron chi connectivity index (χ1n) is 10.0. The predicted molar refractivity (Wildman–Crippen MR) is 125 cm³/mol. The molecule has 32 heavy (non-hydrogen) atoms. The Hall–Kier alpha value is -2.47. The van der Waals surface area contributed by atoms with Crippen molar-refractivity contribution >= 4 is 37.3 Å². The standard InChI is InChI=1S/C21H28N4O5S2/c1-23(2)17-7-5-16(6-8-17)20(24(3)4)15-22-32(29,30)19-11-9-18(10-12-19)25-21(26)13-14-31(25,27)28/h5-12,20,22H,13-15H2,1-4H3. The number of hydrogen-bond acceptors (Lipinski definition) is 7.